The van der Waals surface area contributed by atoms with Gasteiger partial charge in [-0.1, -0.05) is 12.1 Å². The van der Waals surface area contributed by atoms with E-state index in [1.165, 1.54) is 6.42 Å². The summed E-state index contributed by atoms with van der Waals surface area (Å²) in [6, 6.07) is 16.7. The number of hydrogen-bond acceptors (Lipinski definition) is 3. The molecule has 128 valence electrons. The van der Waals surface area contributed by atoms with Gasteiger partial charge in [0.15, 0.2) is 0 Å². The molecular weight excluding hydrogens is 310 g/mol. The maximum absolute atomic E-state index is 9.87. The summed E-state index contributed by atoms with van der Waals surface area (Å²) in [6.07, 6.45) is 3.53. The van der Waals surface area contributed by atoms with Gasteiger partial charge < -0.3 is 15.0 Å². The summed E-state index contributed by atoms with van der Waals surface area (Å²) in [5, 5.41) is 10.9. The average molecular weight is 333 g/mol. The molecule has 2 aromatic carbocycles. The molecule has 0 bridgehead atoms. The van der Waals surface area contributed by atoms with Crippen LogP contribution in [0.25, 0.3) is 22.2 Å². The largest absolute Gasteiger partial charge is 0.494 e. The average Bonchev–Trinajstić information content (AvgIpc) is 2.88. The number of nitrogens with zero attached hydrogens (tertiary/aromatic N) is 2. The molecule has 0 radical (unpaired) electrons. The molecule has 0 aliphatic heterocycles. The zero-order valence-corrected chi connectivity index (χ0v) is 14.3. The van der Waals surface area contributed by atoms with Crippen molar-refractivity contribution in [2.24, 2.45) is 0 Å². The summed E-state index contributed by atoms with van der Waals surface area (Å²) in [5.41, 5.74) is 10.4. The number of nitrogens with two attached hydrogens (primary N) is 1. The number of nitriles is 1. The van der Waals surface area contributed by atoms with E-state index in [2.05, 4.69) is 16.7 Å². The molecule has 4 heteroatoms. The number of anilines is 1. The highest BCUT2D eigenvalue weighted by atomic mass is 16.5. The molecule has 2 N–H and O–H groups in total. The van der Waals surface area contributed by atoms with Gasteiger partial charge in [0.25, 0.3) is 0 Å². The van der Waals surface area contributed by atoms with E-state index in [1.807, 2.05) is 43.3 Å². The van der Waals surface area contributed by atoms with Crippen molar-refractivity contribution in [2.45, 2.75) is 32.2 Å². The van der Waals surface area contributed by atoms with Crippen molar-refractivity contribution in [1.29, 1.82) is 5.26 Å². The molecule has 1 aromatic heterocycles. The van der Waals surface area contributed by atoms with Crippen molar-refractivity contribution in [1.82, 2.24) is 4.57 Å². The Kier molecular flexibility index (Phi) is 3.85. The van der Waals surface area contributed by atoms with Gasteiger partial charge in [-0.2, -0.15) is 5.26 Å². The number of nitrogen functional groups attached to an aromatic ring is 1. The van der Waals surface area contributed by atoms with Gasteiger partial charge in [-0.15, -0.1) is 0 Å². The van der Waals surface area contributed by atoms with Crippen LogP contribution < -0.4 is 10.5 Å². The lowest BCUT2D eigenvalue weighted by Crippen LogP contribution is -2.17. The lowest BCUT2D eigenvalue weighted by molar-refractivity contribution is 0.322. The topological polar surface area (TPSA) is 64.0 Å². The van der Waals surface area contributed by atoms with Gasteiger partial charge in [0, 0.05) is 24.6 Å². The van der Waals surface area contributed by atoms with Crippen molar-refractivity contribution in [3.05, 3.63) is 48.0 Å². The van der Waals surface area contributed by atoms with Crippen LogP contribution in [-0.4, -0.2) is 11.2 Å². The molecule has 0 amide bonds. The van der Waals surface area contributed by atoms with Crippen molar-refractivity contribution in [3.63, 3.8) is 0 Å². The number of aromatic nitrogens is 1. The van der Waals surface area contributed by atoms with Crippen LogP contribution in [0.15, 0.2) is 42.5 Å². The molecule has 3 aromatic rings. The van der Waals surface area contributed by atoms with Crippen LogP contribution >= 0.6 is 0 Å². The van der Waals surface area contributed by atoms with Crippen molar-refractivity contribution in [3.8, 4) is 23.1 Å². The predicted octanol–water partition coefficient (Wildman–Crippen LogP) is 5.13. The van der Waals surface area contributed by atoms with Crippen molar-refractivity contribution >= 4 is 16.6 Å². The van der Waals surface area contributed by atoms with Gasteiger partial charge in [-0.25, -0.2) is 0 Å². The first-order valence-electron chi connectivity index (χ1n) is 8.79. The number of hydrogen-bond donors (Lipinski definition) is 1. The second kappa shape index (κ2) is 6.18. The minimum atomic E-state index is 0. The van der Waals surface area contributed by atoms with E-state index in [0.717, 1.165) is 52.0 Å². The standard InChI is InChI=1S/C21H21N3O.H2/c1-2-25-17-10-11-18-19(13-22)21(14-6-8-15(23)9-7-14)24(20(18)12-17)16-4-3-5-16;/h6-12,16H,2-5,23H2,1H3;1H. The van der Waals surface area contributed by atoms with Crippen LogP contribution in [0, 0.1) is 11.3 Å². The quantitative estimate of drug-likeness (QED) is 0.673. The van der Waals surface area contributed by atoms with Crippen LogP contribution in [0.3, 0.4) is 0 Å². The molecule has 1 aliphatic rings. The first-order valence-corrected chi connectivity index (χ1v) is 8.79. The SMILES string of the molecule is CCOc1ccc2c(C#N)c(-c3ccc(N)cc3)n(C3CCC3)c2c1.[HH]. The Morgan fingerprint density at radius 2 is 2.00 bits per heavy atom. The van der Waals surface area contributed by atoms with Gasteiger partial charge >= 0.3 is 0 Å². The van der Waals surface area contributed by atoms with Gasteiger partial charge in [0.2, 0.25) is 0 Å². The Morgan fingerprint density at radius 1 is 1.24 bits per heavy atom. The van der Waals surface area contributed by atoms with Crippen molar-refractivity contribution in [2.75, 3.05) is 12.3 Å². The van der Waals surface area contributed by atoms with E-state index in [9.17, 15) is 5.26 Å². The lowest BCUT2D eigenvalue weighted by Gasteiger charge is -2.30. The van der Waals surface area contributed by atoms with Crippen LogP contribution in [0.4, 0.5) is 5.69 Å². The Labute approximate surface area is 148 Å². The van der Waals surface area contributed by atoms with E-state index >= 15 is 0 Å². The lowest BCUT2D eigenvalue weighted by atomic mass is 9.92. The number of ether oxygens (including phenoxy) is 1. The zero-order valence-electron chi connectivity index (χ0n) is 14.3. The van der Waals surface area contributed by atoms with Crippen LogP contribution in [0.1, 0.15) is 39.2 Å². The van der Waals surface area contributed by atoms with Crippen LogP contribution in [-0.2, 0) is 0 Å². The smallest absolute Gasteiger partial charge is 0.121 e. The molecule has 0 atom stereocenters. The van der Waals surface area contributed by atoms with E-state index in [4.69, 9.17) is 10.5 Å². The molecule has 1 fully saturated rings. The van der Waals surface area contributed by atoms with Crippen LogP contribution in [0.5, 0.6) is 5.75 Å². The highest BCUT2D eigenvalue weighted by molar-refractivity contribution is 5.95. The minimum absolute atomic E-state index is 0. The molecule has 1 aliphatic carbocycles. The highest BCUT2D eigenvalue weighted by Crippen LogP contribution is 2.43. The second-order valence-corrected chi connectivity index (χ2v) is 6.52. The minimum Gasteiger partial charge on any atom is -0.494 e. The van der Waals surface area contributed by atoms with Gasteiger partial charge in [-0.05, 0) is 56.0 Å². The monoisotopic (exact) mass is 333 g/mol. The molecular formula is C21H23N3O. The second-order valence-electron chi connectivity index (χ2n) is 6.52. The Morgan fingerprint density at radius 3 is 2.60 bits per heavy atom. The first kappa shape index (κ1) is 15.6. The summed E-state index contributed by atoms with van der Waals surface area (Å²) in [7, 11) is 0. The summed E-state index contributed by atoms with van der Waals surface area (Å²) >= 11 is 0. The molecule has 0 spiro atoms. The molecule has 1 saturated carbocycles. The Bertz CT molecular complexity index is 966. The third kappa shape index (κ3) is 2.53. The maximum Gasteiger partial charge on any atom is 0.121 e. The van der Waals surface area contributed by atoms with Gasteiger partial charge in [-0.3, -0.25) is 0 Å². The number of fused-ring (bicyclic) bond motifs is 1. The first-order chi connectivity index (χ1) is 12.2. The maximum atomic E-state index is 9.87. The molecule has 4 rings (SSSR count). The number of benzene rings is 2. The number of rotatable bonds is 4. The fourth-order valence-electron chi connectivity index (χ4n) is 3.61. The molecule has 4 nitrogen and oxygen atoms in total. The third-order valence-corrected chi connectivity index (χ3v) is 5.02. The predicted molar refractivity (Wildman–Crippen MR) is 103 cm³/mol. The van der Waals surface area contributed by atoms with E-state index in [-0.39, 0.29) is 1.43 Å². The zero-order chi connectivity index (χ0) is 17.4. The van der Waals surface area contributed by atoms with E-state index < -0.39 is 0 Å². The summed E-state index contributed by atoms with van der Waals surface area (Å²) in [5.74, 6) is 0.849. The normalized spacial score (nSPS) is 14.2. The molecule has 25 heavy (non-hydrogen) atoms. The fraction of sp³-hybridized carbons (Fsp3) is 0.286. The molecule has 0 saturated heterocycles. The fourth-order valence-corrected chi connectivity index (χ4v) is 3.61. The summed E-state index contributed by atoms with van der Waals surface area (Å²) < 4.78 is 8.03. The third-order valence-electron chi connectivity index (χ3n) is 5.02. The molecule has 0 unspecified atom stereocenters. The Hall–Kier alpha value is -2.93. The van der Waals surface area contributed by atoms with Gasteiger partial charge in [0.1, 0.15) is 11.8 Å². The van der Waals surface area contributed by atoms with Gasteiger partial charge in [0.05, 0.1) is 23.4 Å². The summed E-state index contributed by atoms with van der Waals surface area (Å²) in [4.78, 5) is 0. The Balaban J connectivity index is 0.00000196. The van der Waals surface area contributed by atoms with Crippen LogP contribution in [0.2, 0.25) is 0 Å². The highest BCUT2D eigenvalue weighted by Gasteiger charge is 2.27. The van der Waals surface area contributed by atoms with E-state index in [1.54, 1.807) is 0 Å². The summed E-state index contributed by atoms with van der Waals surface area (Å²) in [6.45, 7) is 2.61. The molecule has 1 heterocycles. The van der Waals surface area contributed by atoms with Crippen molar-refractivity contribution < 1.29 is 6.16 Å². The van der Waals surface area contributed by atoms with E-state index in [0.29, 0.717) is 12.6 Å².